The molecule has 2 N–H and O–H groups in total. The minimum absolute atomic E-state index is 0.265. The fourth-order valence-corrected chi connectivity index (χ4v) is 4.58. The first-order valence-corrected chi connectivity index (χ1v) is 11.7. The molecule has 11 nitrogen and oxygen atoms in total. The largest absolute Gasteiger partial charge is 0.339 e. The van der Waals surface area contributed by atoms with Gasteiger partial charge in [0.1, 0.15) is 17.0 Å². The van der Waals surface area contributed by atoms with E-state index in [0.717, 1.165) is 43.2 Å². The first kappa shape index (κ1) is 22.9. The van der Waals surface area contributed by atoms with Crippen LogP contribution in [0.15, 0.2) is 29.2 Å². The van der Waals surface area contributed by atoms with Crippen molar-refractivity contribution >= 4 is 40.9 Å². The number of anilines is 2. The third-order valence-electron chi connectivity index (χ3n) is 6.00. The highest BCUT2D eigenvalue weighted by molar-refractivity contribution is 6.33. The smallest absolute Gasteiger partial charge is 0.323 e. The van der Waals surface area contributed by atoms with Gasteiger partial charge in [-0.3, -0.25) is 4.98 Å². The lowest BCUT2D eigenvalue weighted by molar-refractivity contribution is -0.107. The molecule has 0 aliphatic heterocycles. The SMILES string of the molecule is Cc1cc(NC(=O)Nc2cnc3c(Cl)cnn3c2C2CCCC2)cnc1-c1noc(CCC=O)n1. The monoisotopic (exact) mass is 494 g/mol. The van der Waals surface area contributed by atoms with E-state index in [9.17, 15) is 9.59 Å². The van der Waals surface area contributed by atoms with Crippen LogP contribution in [0.4, 0.5) is 16.2 Å². The molecule has 4 heterocycles. The van der Waals surface area contributed by atoms with E-state index < -0.39 is 6.03 Å². The Bertz CT molecular complexity index is 1390. The Morgan fingerprint density at radius 2 is 2.06 bits per heavy atom. The second-order valence-electron chi connectivity index (χ2n) is 8.45. The zero-order valence-corrected chi connectivity index (χ0v) is 19.7. The summed E-state index contributed by atoms with van der Waals surface area (Å²) in [4.78, 5) is 36.4. The van der Waals surface area contributed by atoms with Gasteiger partial charge in [0.25, 0.3) is 0 Å². The quantitative estimate of drug-likeness (QED) is 0.356. The van der Waals surface area contributed by atoms with Crippen LogP contribution in [-0.2, 0) is 11.2 Å². The molecule has 0 radical (unpaired) electrons. The summed E-state index contributed by atoms with van der Waals surface area (Å²) in [6.07, 6.45) is 10.5. The molecule has 0 aromatic carbocycles. The van der Waals surface area contributed by atoms with Crippen LogP contribution >= 0.6 is 11.6 Å². The van der Waals surface area contributed by atoms with Crippen LogP contribution in [0.2, 0.25) is 5.02 Å². The number of nitrogens with zero attached hydrogens (tertiary/aromatic N) is 6. The average molecular weight is 495 g/mol. The molecular weight excluding hydrogens is 472 g/mol. The van der Waals surface area contributed by atoms with Gasteiger partial charge in [0.15, 0.2) is 5.65 Å². The number of pyridine rings is 1. The average Bonchev–Trinajstić information content (AvgIpc) is 3.60. The van der Waals surface area contributed by atoms with E-state index in [1.165, 1.54) is 6.20 Å². The summed E-state index contributed by atoms with van der Waals surface area (Å²) in [7, 11) is 0. The van der Waals surface area contributed by atoms with E-state index in [0.29, 0.717) is 52.3 Å². The Balaban J connectivity index is 1.33. The highest BCUT2D eigenvalue weighted by Crippen LogP contribution is 2.38. The number of hydrogen-bond donors (Lipinski definition) is 2. The summed E-state index contributed by atoms with van der Waals surface area (Å²) >= 11 is 6.23. The van der Waals surface area contributed by atoms with E-state index in [2.05, 4.69) is 35.8 Å². The predicted octanol–water partition coefficient (Wildman–Crippen LogP) is 4.57. The molecule has 0 spiro atoms. The maximum atomic E-state index is 12.9. The molecule has 1 aliphatic carbocycles. The zero-order chi connectivity index (χ0) is 24.4. The highest BCUT2D eigenvalue weighted by Gasteiger charge is 2.25. The molecule has 0 unspecified atom stereocenters. The van der Waals surface area contributed by atoms with E-state index in [1.54, 1.807) is 23.0 Å². The Hall–Kier alpha value is -3.86. The number of urea groups is 1. The van der Waals surface area contributed by atoms with Gasteiger partial charge in [-0.05, 0) is 31.4 Å². The summed E-state index contributed by atoms with van der Waals surface area (Å²) in [5, 5.41) is 14.5. The molecule has 0 bridgehead atoms. The molecule has 35 heavy (non-hydrogen) atoms. The molecule has 1 saturated carbocycles. The molecule has 12 heteroatoms. The third-order valence-corrected chi connectivity index (χ3v) is 6.27. The Kier molecular flexibility index (Phi) is 6.41. The van der Waals surface area contributed by atoms with Crippen LogP contribution in [0.3, 0.4) is 0 Å². The maximum Gasteiger partial charge on any atom is 0.323 e. The number of aryl methyl sites for hydroxylation is 2. The number of aromatic nitrogens is 6. The topological polar surface area (TPSA) is 140 Å². The van der Waals surface area contributed by atoms with Gasteiger partial charge in [-0.25, -0.2) is 14.3 Å². The van der Waals surface area contributed by atoms with Crippen molar-refractivity contribution in [3.63, 3.8) is 0 Å². The maximum absolute atomic E-state index is 12.9. The number of carbonyl (C=O) groups excluding carboxylic acids is 2. The number of aldehydes is 1. The van der Waals surface area contributed by atoms with E-state index in [1.807, 2.05) is 6.92 Å². The van der Waals surface area contributed by atoms with Crippen molar-refractivity contribution in [2.24, 2.45) is 0 Å². The summed E-state index contributed by atoms with van der Waals surface area (Å²) in [5.41, 5.74) is 3.87. The van der Waals surface area contributed by atoms with Crippen molar-refractivity contribution in [1.82, 2.24) is 29.7 Å². The van der Waals surface area contributed by atoms with Gasteiger partial charge >= 0.3 is 6.03 Å². The summed E-state index contributed by atoms with van der Waals surface area (Å²) in [6.45, 7) is 1.84. The van der Waals surface area contributed by atoms with E-state index in [4.69, 9.17) is 16.1 Å². The normalized spacial score (nSPS) is 13.9. The fraction of sp³-hybridized carbons (Fsp3) is 0.348. The van der Waals surface area contributed by atoms with Crippen LogP contribution < -0.4 is 10.6 Å². The predicted molar refractivity (Wildman–Crippen MR) is 128 cm³/mol. The third kappa shape index (κ3) is 4.72. The summed E-state index contributed by atoms with van der Waals surface area (Å²) in [6, 6.07) is 1.35. The first-order chi connectivity index (χ1) is 17.0. The molecule has 4 aromatic rings. The minimum Gasteiger partial charge on any atom is -0.339 e. The molecule has 0 atom stereocenters. The number of carbonyl (C=O) groups is 2. The summed E-state index contributed by atoms with van der Waals surface area (Å²) in [5.74, 6) is 0.969. The molecule has 0 saturated heterocycles. The molecule has 5 rings (SSSR count). The second kappa shape index (κ2) is 9.79. The van der Waals surface area contributed by atoms with Gasteiger partial charge in [0, 0.05) is 18.8 Å². The van der Waals surface area contributed by atoms with Crippen molar-refractivity contribution in [2.75, 3.05) is 10.6 Å². The van der Waals surface area contributed by atoms with Crippen molar-refractivity contribution in [3.05, 3.63) is 46.8 Å². The number of amides is 2. The van der Waals surface area contributed by atoms with Crippen LogP contribution in [0.25, 0.3) is 17.2 Å². The molecule has 180 valence electrons. The molecular formula is C23H23ClN8O3. The zero-order valence-electron chi connectivity index (χ0n) is 19.0. The molecule has 1 aliphatic rings. The van der Waals surface area contributed by atoms with Crippen molar-refractivity contribution < 1.29 is 14.1 Å². The Morgan fingerprint density at radius 1 is 1.23 bits per heavy atom. The van der Waals surface area contributed by atoms with Crippen molar-refractivity contribution in [1.29, 1.82) is 0 Å². The number of rotatable bonds is 7. The standard InChI is InChI=1S/C23H23ClN8O3/c1-13-9-15(10-25-19(13)21-30-18(35-31-21)7-4-8-33)28-23(34)29-17-12-26-22-16(24)11-27-32(22)20(17)14-5-2-3-6-14/h8-12,14H,2-7H2,1H3,(H2,28,29,34). The van der Waals surface area contributed by atoms with E-state index in [-0.39, 0.29) is 5.92 Å². The van der Waals surface area contributed by atoms with Crippen LogP contribution in [0.1, 0.15) is 55.2 Å². The van der Waals surface area contributed by atoms with Crippen LogP contribution in [-0.4, -0.2) is 42.0 Å². The van der Waals surface area contributed by atoms with Gasteiger partial charge in [-0.2, -0.15) is 10.1 Å². The summed E-state index contributed by atoms with van der Waals surface area (Å²) < 4.78 is 6.89. The van der Waals surface area contributed by atoms with Crippen molar-refractivity contribution in [2.45, 2.75) is 51.4 Å². The van der Waals surface area contributed by atoms with Gasteiger partial charge in [-0.15, -0.1) is 0 Å². The van der Waals surface area contributed by atoms with Crippen molar-refractivity contribution in [3.8, 4) is 11.5 Å². The van der Waals surface area contributed by atoms with Gasteiger partial charge in [0.2, 0.25) is 11.7 Å². The highest BCUT2D eigenvalue weighted by atomic mass is 35.5. The minimum atomic E-state index is -0.423. The van der Waals surface area contributed by atoms with Gasteiger partial charge < -0.3 is 20.0 Å². The number of hydrogen-bond acceptors (Lipinski definition) is 8. The lowest BCUT2D eigenvalue weighted by Gasteiger charge is -2.17. The Labute approximate surface area is 205 Å². The Morgan fingerprint density at radius 3 is 2.83 bits per heavy atom. The fourth-order valence-electron chi connectivity index (χ4n) is 4.41. The van der Waals surface area contributed by atoms with Gasteiger partial charge in [-0.1, -0.05) is 29.6 Å². The number of fused-ring (bicyclic) bond motifs is 1. The van der Waals surface area contributed by atoms with Crippen LogP contribution in [0.5, 0.6) is 0 Å². The number of halogens is 1. The van der Waals surface area contributed by atoms with Gasteiger partial charge in [0.05, 0.1) is 35.7 Å². The van der Waals surface area contributed by atoms with Crippen LogP contribution in [0, 0.1) is 6.92 Å². The first-order valence-electron chi connectivity index (χ1n) is 11.4. The lowest BCUT2D eigenvalue weighted by atomic mass is 10.0. The lowest BCUT2D eigenvalue weighted by Crippen LogP contribution is -2.22. The molecule has 2 amide bonds. The molecule has 4 aromatic heterocycles. The molecule has 1 fully saturated rings. The number of nitrogens with one attached hydrogen (secondary N) is 2. The van der Waals surface area contributed by atoms with E-state index >= 15 is 0 Å². The second-order valence-corrected chi connectivity index (χ2v) is 8.86.